The van der Waals surface area contributed by atoms with Crippen LogP contribution in [0.25, 0.3) is 5.82 Å². The lowest BCUT2D eigenvalue weighted by Crippen LogP contribution is -2.06. The quantitative estimate of drug-likeness (QED) is 0.802. The van der Waals surface area contributed by atoms with Gasteiger partial charge in [0.25, 0.3) is 0 Å². The van der Waals surface area contributed by atoms with Crippen LogP contribution in [0.5, 0.6) is 0 Å². The topological polar surface area (TPSA) is 55.6 Å². The lowest BCUT2D eigenvalue weighted by atomic mass is 10.1. The van der Waals surface area contributed by atoms with Crippen molar-refractivity contribution >= 4 is 5.82 Å². The summed E-state index contributed by atoms with van der Waals surface area (Å²) < 4.78 is 1.80. The molecule has 0 atom stereocenters. The number of anilines is 1. The summed E-state index contributed by atoms with van der Waals surface area (Å²) in [6.07, 6.45) is 0. The summed E-state index contributed by atoms with van der Waals surface area (Å²) >= 11 is 0. The van der Waals surface area contributed by atoms with E-state index in [1.165, 1.54) is 11.1 Å². The van der Waals surface area contributed by atoms with Gasteiger partial charge in [0.05, 0.1) is 5.69 Å². The number of benzene rings is 1. The fourth-order valence-electron chi connectivity index (χ4n) is 2.29. The molecule has 0 spiro atoms. The van der Waals surface area contributed by atoms with Gasteiger partial charge in [-0.15, -0.1) is 10.2 Å². The van der Waals surface area contributed by atoms with Crippen LogP contribution in [0.2, 0.25) is 0 Å². The Balaban J connectivity index is 1.69. The molecule has 3 aromatic rings. The third kappa shape index (κ3) is 3.14. The van der Waals surface area contributed by atoms with Crippen molar-refractivity contribution in [3.05, 3.63) is 65.0 Å². The van der Waals surface area contributed by atoms with E-state index in [1.807, 2.05) is 32.0 Å². The zero-order valence-corrected chi connectivity index (χ0v) is 13.0. The van der Waals surface area contributed by atoms with Gasteiger partial charge in [-0.3, -0.25) is 0 Å². The molecule has 1 N–H and O–H groups in total. The second-order valence-corrected chi connectivity index (χ2v) is 5.45. The molecule has 112 valence electrons. The van der Waals surface area contributed by atoms with E-state index >= 15 is 0 Å². The minimum absolute atomic E-state index is 0.728. The molecule has 1 aromatic carbocycles. The Morgan fingerprint density at radius 2 is 1.73 bits per heavy atom. The van der Waals surface area contributed by atoms with Crippen molar-refractivity contribution in [2.24, 2.45) is 0 Å². The van der Waals surface area contributed by atoms with Crippen molar-refractivity contribution in [2.45, 2.75) is 27.3 Å². The molecule has 0 bridgehead atoms. The molecule has 0 aliphatic carbocycles. The minimum Gasteiger partial charge on any atom is -0.365 e. The fourth-order valence-corrected chi connectivity index (χ4v) is 2.29. The number of nitrogens with zero attached hydrogens (tertiary/aromatic N) is 4. The maximum Gasteiger partial charge on any atom is 0.176 e. The second kappa shape index (κ2) is 5.97. The highest BCUT2D eigenvalue weighted by Crippen LogP contribution is 2.11. The minimum atomic E-state index is 0.728. The van der Waals surface area contributed by atoms with Crippen LogP contribution >= 0.6 is 0 Å². The fraction of sp³-hybridized carbons (Fsp3) is 0.235. The number of hydrogen-bond acceptors (Lipinski definition) is 4. The van der Waals surface area contributed by atoms with Crippen LogP contribution in [0.15, 0.2) is 42.5 Å². The van der Waals surface area contributed by atoms with E-state index in [1.54, 1.807) is 4.68 Å². The Hall–Kier alpha value is -2.69. The summed E-state index contributed by atoms with van der Waals surface area (Å²) in [5.41, 5.74) is 4.50. The summed E-state index contributed by atoms with van der Waals surface area (Å²) in [5, 5.41) is 16.1. The summed E-state index contributed by atoms with van der Waals surface area (Å²) in [7, 11) is 0. The highest BCUT2D eigenvalue weighted by molar-refractivity contribution is 5.38. The van der Waals surface area contributed by atoms with E-state index in [9.17, 15) is 0 Å². The Morgan fingerprint density at radius 3 is 2.32 bits per heavy atom. The molecule has 0 saturated heterocycles. The summed E-state index contributed by atoms with van der Waals surface area (Å²) in [6.45, 7) is 6.79. The molecule has 0 saturated carbocycles. The molecule has 0 amide bonds. The van der Waals surface area contributed by atoms with E-state index in [0.29, 0.717) is 0 Å². The van der Waals surface area contributed by atoms with Gasteiger partial charge in [-0.05, 0) is 44.5 Å². The first-order valence-corrected chi connectivity index (χ1v) is 7.28. The molecule has 5 nitrogen and oxygen atoms in total. The third-order valence-corrected chi connectivity index (χ3v) is 3.47. The van der Waals surface area contributed by atoms with Crippen LogP contribution < -0.4 is 5.32 Å². The molecule has 22 heavy (non-hydrogen) atoms. The lowest BCUT2D eigenvalue weighted by Gasteiger charge is -2.07. The van der Waals surface area contributed by atoms with Gasteiger partial charge in [0.1, 0.15) is 5.82 Å². The van der Waals surface area contributed by atoms with Gasteiger partial charge in [0, 0.05) is 12.2 Å². The van der Waals surface area contributed by atoms with E-state index in [0.717, 1.165) is 29.6 Å². The maximum atomic E-state index is 4.41. The first kappa shape index (κ1) is 14.3. The van der Waals surface area contributed by atoms with Crippen LogP contribution in [-0.2, 0) is 6.54 Å². The van der Waals surface area contributed by atoms with Gasteiger partial charge in [0.15, 0.2) is 5.82 Å². The monoisotopic (exact) mass is 293 g/mol. The molecule has 2 aromatic heterocycles. The Kier molecular flexibility index (Phi) is 3.87. The van der Waals surface area contributed by atoms with Crippen molar-refractivity contribution in [1.82, 2.24) is 20.0 Å². The molecule has 0 aliphatic rings. The average molecular weight is 293 g/mol. The number of rotatable bonds is 4. The SMILES string of the molecule is Cc1ccc(CNc2ccc(-n3nc(C)cc3C)nn2)cc1. The van der Waals surface area contributed by atoms with Crippen molar-refractivity contribution < 1.29 is 0 Å². The van der Waals surface area contributed by atoms with Gasteiger partial charge >= 0.3 is 0 Å². The molecule has 3 rings (SSSR count). The van der Waals surface area contributed by atoms with Gasteiger partial charge < -0.3 is 5.32 Å². The predicted octanol–water partition coefficient (Wildman–Crippen LogP) is 3.20. The smallest absolute Gasteiger partial charge is 0.176 e. The van der Waals surface area contributed by atoms with E-state index in [-0.39, 0.29) is 0 Å². The molecule has 0 radical (unpaired) electrons. The van der Waals surface area contributed by atoms with Crippen molar-refractivity contribution in [2.75, 3.05) is 5.32 Å². The maximum absolute atomic E-state index is 4.41. The second-order valence-electron chi connectivity index (χ2n) is 5.45. The van der Waals surface area contributed by atoms with Crippen LogP contribution in [0.3, 0.4) is 0 Å². The van der Waals surface area contributed by atoms with Gasteiger partial charge in [-0.2, -0.15) is 5.10 Å². The number of aryl methyl sites for hydroxylation is 3. The number of nitrogens with one attached hydrogen (secondary N) is 1. The largest absolute Gasteiger partial charge is 0.365 e. The zero-order valence-electron chi connectivity index (χ0n) is 13.0. The van der Waals surface area contributed by atoms with Crippen LogP contribution in [0.4, 0.5) is 5.82 Å². The lowest BCUT2D eigenvalue weighted by molar-refractivity contribution is 0.781. The molecule has 0 aliphatic heterocycles. The first-order chi connectivity index (χ1) is 10.6. The first-order valence-electron chi connectivity index (χ1n) is 7.28. The highest BCUT2D eigenvalue weighted by atomic mass is 15.4. The summed E-state index contributed by atoms with van der Waals surface area (Å²) in [6, 6.07) is 14.3. The average Bonchev–Trinajstić information content (AvgIpc) is 2.86. The van der Waals surface area contributed by atoms with E-state index in [4.69, 9.17) is 0 Å². The molecule has 2 heterocycles. The van der Waals surface area contributed by atoms with Gasteiger partial charge in [0.2, 0.25) is 0 Å². The Bertz CT molecular complexity index is 757. The molecule has 5 heteroatoms. The van der Waals surface area contributed by atoms with Crippen molar-refractivity contribution in [1.29, 1.82) is 0 Å². The molecular weight excluding hydrogens is 274 g/mol. The highest BCUT2D eigenvalue weighted by Gasteiger charge is 2.05. The third-order valence-electron chi connectivity index (χ3n) is 3.47. The van der Waals surface area contributed by atoms with Crippen molar-refractivity contribution in [3.63, 3.8) is 0 Å². The molecule has 0 unspecified atom stereocenters. The predicted molar refractivity (Wildman–Crippen MR) is 87.1 cm³/mol. The standard InChI is InChI=1S/C17H19N5/c1-12-4-6-15(7-5-12)11-18-16-8-9-17(20-19-16)22-14(3)10-13(2)21-22/h4-10H,11H2,1-3H3,(H,18,19). The zero-order chi connectivity index (χ0) is 15.5. The number of aromatic nitrogens is 4. The number of hydrogen-bond donors (Lipinski definition) is 1. The van der Waals surface area contributed by atoms with Crippen LogP contribution in [-0.4, -0.2) is 20.0 Å². The van der Waals surface area contributed by atoms with Crippen LogP contribution in [0.1, 0.15) is 22.5 Å². The molecule has 0 fully saturated rings. The van der Waals surface area contributed by atoms with Crippen LogP contribution in [0, 0.1) is 20.8 Å². The van der Waals surface area contributed by atoms with E-state index in [2.05, 4.69) is 51.8 Å². The Labute approximate surface area is 130 Å². The van der Waals surface area contributed by atoms with Gasteiger partial charge in [-0.25, -0.2) is 4.68 Å². The normalized spacial score (nSPS) is 10.7. The van der Waals surface area contributed by atoms with Crippen molar-refractivity contribution in [3.8, 4) is 5.82 Å². The molecular formula is C17H19N5. The summed E-state index contributed by atoms with van der Waals surface area (Å²) in [5.74, 6) is 1.48. The van der Waals surface area contributed by atoms with Gasteiger partial charge in [-0.1, -0.05) is 29.8 Å². The van der Waals surface area contributed by atoms with E-state index < -0.39 is 0 Å². The summed E-state index contributed by atoms with van der Waals surface area (Å²) in [4.78, 5) is 0. The Morgan fingerprint density at radius 1 is 0.955 bits per heavy atom.